The molecule has 1 unspecified atom stereocenters. The number of rotatable bonds is 7. The molecule has 5 rings (SSSR count). The SMILES string of the molecule is COc1ccc(C2(C(=O)NC(Cc3c[nH]c4ccccc34)C(=O)N3CCN(C)CC3)CC2)cc1. The van der Waals surface area contributed by atoms with Crippen molar-refractivity contribution in [2.24, 2.45) is 0 Å². The first-order chi connectivity index (χ1) is 16.5. The topological polar surface area (TPSA) is 77.7 Å². The summed E-state index contributed by atoms with van der Waals surface area (Å²) in [4.78, 5) is 34.6. The molecule has 2 aromatic carbocycles. The Hall–Kier alpha value is -3.32. The van der Waals surface area contributed by atoms with E-state index in [-0.39, 0.29) is 11.8 Å². The van der Waals surface area contributed by atoms with Gasteiger partial charge in [-0.25, -0.2) is 0 Å². The Morgan fingerprint density at radius 3 is 2.44 bits per heavy atom. The number of benzene rings is 2. The van der Waals surface area contributed by atoms with E-state index in [1.54, 1.807) is 7.11 Å². The highest BCUT2D eigenvalue weighted by Crippen LogP contribution is 2.48. The zero-order valence-electron chi connectivity index (χ0n) is 19.8. The van der Waals surface area contributed by atoms with Gasteiger partial charge < -0.3 is 24.8 Å². The highest BCUT2D eigenvalue weighted by atomic mass is 16.5. The van der Waals surface area contributed by atoms with E-state index in [0.717, 1.165) is 53.7 Å². The minimum Gasteiger partial charge on any atom is -0.497 e. The molecule has 178 valence electrons. The molecule has 7 nitrogen and oxygen atoms in total. The molecule has 2 heterocycles. The van der Waals surface area contributed by atoms with Crippen molar-refractivity contribution in [3.05, 3.63) is 65.9 Å². The lowest BCUT2D eigenvalue weighted by atomic mass is 9.93. The van der Waals surface area contributed by atoms with Gasteiger partial charge in [0.2, 0.25) is 11.8 Å². The van der Waals surface area contributed by atoms with Crippen molar-refractivity contribution in [1.29, 1.82) is 0 Å². The van der Waals surface area contributed by atoms with Crippen LogP contribution in [-0.4, -0.2) is 73.0 Å². The number of carbonyl (C=O) groups excluding carboxylic acids is 2. The highest BCUT2D eigenvalue weighted by Gasteiger charge is 2.52. The summed E-state index contributed by atoms with van der Waals surface area (Å²) in [5, 5.41) is 4.26. The van der Waals surface area contributed by atoms with E-state index in [1.807, 2.05) is 53.6 Å². The molecular formula is C27H32N4O3. The lowest BCUT2D eigenvalue weighted by Gasteiger charge is -2.35. The fourth-order valence-corrected chi connectivity index (χ4v) is 4.95. The maximum atomic E-state index is 13.6. The average Bonchev–Trinajstić information content (AvgIpc) is 3.59. The molecule has 2 aliphatic rings. The van der Waals surface area contributed by atoms with Gasteiger partial charge in [0.05, 0.1) is 12.5 Å². The summed E-state index contributed by atoms with van der Waals surface area (Å²) in [6.45, 7) is 3.04. The molecule has 0 radical (unpaired) electrons. The number of nitrogens with one attached hydrogen (secondary N) is 2. The van der Waals surface area contributed by atoms with Crippen molar-refractivity contribution in [2.45, 2.75) is 30.7 Å². The maximum Gasteiger partial charge on any atom is 0.245 e. The van der Waals surface area contributed by atoms with Gasteiger partial charge in [-0.3, -0.25) is 9.59 Å². The lowest BCUT2D eigenvalue weighted by Crippen LogP contribution is -2.56. The fraction of sp³-hybridized carbons (Fsp3) is 0.407. The van der Waals surface area contributed by atoms with E-state index in [2.05, 4.69) is 28.3 Å². The fourth-order valence-electron chi connectivity index (χ4n) is 4.95. The molecule has 0 spiro atoms. The van der Waals surface area contributed by atoms with Crippen molar-refractivity contribution in [3.63, 3.8) is 0 Å². The molecule has 1 aliphatic carbocycles. The predicted molar refractivity (Wildman–Crippen MR) is 132 cm³/mol. The monoisotopic (exact) mass is 460 g/mol. The van der Waals surface area contributed by atoms with Crippen LogP contribution in [0.25, 0.3) is 10.9 Å². The van der Waals surface area contributed by atoms with Crippen LogP contribution >= 0.6 is 0 Å². The number of piperazine rings is 1. The van der Waals surface area contributed by atoms with Crippen molar-refractivity contribution >= 4 is 22.7 Å². The third-order valence-electron chi connectivity index (χ3n) is 7.34. The molecule has 2 amide bonds. The van der Waals surface area contributed by atoms with E-state index in [9.17, 15) is 9.59 Å². The van der Waals surface area contributed by atoms with E-state index in [1.165, 1.54) is 0 Å². The van der Waals surface area contributed by atoms with E-state index in [0.29, 0.717) is 19.5 Å². The van der Waals surface area contributed by atoms with Gasteiger partial charge in [0.25, 0.3) is 0 Å². The summed E-state index contributed by atoms with van der Waals surface area (Å²) in [6, 6.07) is 15.2. The molecule has 7 heteroatoms. The van der Waals surface area contributed by atoms with Crippen LogP contribution < -0.4 is 10.1 Å². The first-order valence-electron chi connectivity index (χ1n) is 12.0. The molecule has 1 saturated heterocycles. The van der Waals surface area contributed by atoms with Gasteiger partial charge in [-0.15, -0.1) is 0 Å². The van der Waals surface area contributed by atoms with Crippen LogP contribution in [-0.2, 0) is 21.4 Å². The van der Waals surface area contributed by atoms with Crippen molar-refractivity contribution < 1.29 is 14.3 Å². The molecule has 1 aliphatic heterocycles. The number of hydrogen-bond donors (Lipinski definition) is 2. The third kappa shape index (κ3) is 4.28. The molecule has 1 saturated carbocycles. The molecule has 34 heavy (non-hydrogen) atoms. The summed E-state index contributed by atoms with van der Waals surface area (Å²) < 4.78 is 5.27. The quantitative estimate of drug-likeness (QED) is 0.568. The third-order valence-corrected chi connectivity index (χ3v) is 7.34. The first-order valence-corrected chi connectivity index (χ1v) is 12.0. The van der Waals surface area contributed by atoms with Crippen LogP contribution in [0.4, 0.5) is 0 Å². The van der Waals surface area contributed by atoms with E-state index < -0.39 is 11.5 Å². The number of methoxy groups -OCH3 is 1. The minimum absolute atomic E-state index is 0.00254. The highest BCUT2D eigenvalue weighted by molar-refractivity contribution is 5.96. The van der Waals surface area contributed by atoms with Gasteiger partial charge in [0.1, 0.15) is 11.8 Å². The van der Waals surface area contributed by atoms with Crippen LogP contribution in [0.2, 0.25) is 0 Å². The number of nitrogens with zero attached hydrogens (tertiary/aromatic N) is 2. The number of carbonyl (C=O) groups is 2. The minimum atomic E-state index is -0.606. The van der Waals surface area contributed by atoms with Gasteiger partial charge in [-0.2, -0.15) is 0 Å². The molecule has 1 aromatic heterocycles. The number of para-hydroxylation sites is 1. The molecule has 3 aromatic rings. The van der Waals surface area contributed by atoms with Crippen molar-refractivity contribution in [2.75, 3.05) is 40.3 Å². The van der Waals surface area contributed by atoms with Gasteiger partial charge in [0, 0.05) is 49.7 Å². The standard InChI is InChI=1S/C27H32N4O3/c1-30-13-15-31(16-14-30)25(32)24(17-19-18-28-23-6-4-3-5-22(19)23)29-26(33)27(11-12-27)20-7-9-21(34-2)10-8-20/h3-10,18,24,28H,11-17H2,1-2H3,(H,29,33). The molecule has 2 N–H and O–H groups in total. The van der Waals surface area contributed by atoms with Crippen molar-refractivity contribution in [1.82, 2.24) is 20.1 Å². The molecule has 2 fully saturated rings. The van der Waals surface area contributed by atoms with Crippen LogP contribution in [0.3, 0.4) is 0 Å². The number of fused-ring (bicyclic) bond motifs is 1. The second kappa shape index (κ2) is 9.14. The Morgan fingerprint density at radius 1 is 1.06 bits per heavy atom. The Morgan fingerprint density at radius 2 is 1.76 bits per heavy atom. The summed E-state index contributed by atoms with van der Waals surface area (Å²) in [7, 11) is 3.70. The molecular weight excluding hydrogens is 428 g/mol. The summed E-state index contributed by atoms with van der Waals surface area (Å²) >= 11 is 0. The van der Waals surface area contributed by atoms with Gasteiger partial charge in [-0.05, 0) is 49.2 Å². The summed E-state index contributed by atoms with van der Waals surface area (Å²) in [5.74, 6) is 0.699. The summed E-state index contributed by atoms with van der Waals surface area (Å²) in [6.07, 6.45) is 3.98. The number of aromatic amines is 1. The largest absolute Gasteiger partial charge is 0.497 e. The van der Waals surface area contributed by atoms with E-state index in [4.69, 9.17) is 4.74 Å². The van der Waals surface area contributed by atoms with Crippen LogP contribution in [0, 0.1) is 0 Å². The van der Waals surface area contributed by atoms with Gasteiger partial charge in [0.15, 0.2) is 0 Å². The number of hydrogen-bond acceptors (Lipinski definition) is 4. The maximum absolute atomic E-state index is 13.6. The normalized spacial score (nSPS) is 18.5. The Bertz CT molecular complexity index is 1170. The zero-order chi connectivity index (χ0) is 23.7. The van der Waals surface area contributed by atoms with Crippen molar-refractivity contribution in [3.8, 4) is 5.75 Å². The smallest absolute Gasteiger partial charge is 0.245 e. The Balaban J connectivity index is 1.39. The summed E-state index contributed by atoms with van der Waals surface area (Å²) in [5.41, 5.74) is 2.49. The molecule has 1 atom stereocenters. The number of amides is 2. The zero-order valence-corrected chi connectivity index (χ0v) is 19.8. The average molecular weight is 461 g/mol. The van der Waals surface area contributed by atoms with Crippen LogP contribution in [0.1, 0.15) is 24.0 Å². The van der Waals surface area contributed by atoms with Crippen LogP contribution in [0.15, 0.2) is 54.7 Å². The second-order valence-electron chi connectivity index (χ2n) is 9.53. The number of H-pyrrole nitrogens is 1. The first kappa shape index (κ1) is 22.5. The van der Waals surface area contributed by atoms with Gasteiger partial charge in [-0.1, -0.05) is 30.3 Å². The predicted octanol–water partition coefficient (Wildman–Crippen LogP) is 2.71. The lowest BCUT2D eigenvalue weighted by molar-refractivity contribution is -0.138. The Labute approximate surface area is 200 Å². The molecule has 0 bridgehead atoms. The number of likely N-dealkylation sites (N-methyl/N-ethyl adjacent to an activating group) is 1. The Kier molecular flexibility index (Phi) is 6.04. The second-order valence-corrected chi connectivity index (χ2v) is 9.53. The van der Waals surface area contributed by atoms with Crippen LogP contribution in [0.5, 0.6) is 5.75 Å². The number of ether oxygens (including phenoxy) is 1. The number of aromatic nitrogens is 1. The van der Waals surface area contributed by atoms with E-state index >= 15 is 0 Å². The van der Waals surface area contributed by atoms with Gasteiger partial charge >= 0.3 is 0 Å².